The Morgan fingerprint density at radius 3 is 2.46 bits per heavy atom. The minimum atomic E-state index is -0.471. The zero-order chi connectivity index (χ0) is 25.2. The van der Waals surface area contributed by atoms with Crippen LogP contribution in [0, 0.1) is 17.1 Å². The van der Waals surface area contributed by atoms with E-state index in [0.29, 0.717) is 22.2 Å². The predicted octanol–water partition coefficient (Wildman–Crippen LogP) is 6.13. The number of nitriles is 1. The lowest BCUT2D eigenvalue weighted by Crippen LogP contribution is -2.23. The van der Waals surface area contributed by atoms with Crippen molar-refractivity contribution in [2.75, 3.05) is 7.11 Å². The highest BCUT2D eigenvalue weighted by atomic mass is 79.9. The predicted molar refractivity (Wildman–Crippen MR) is 137 cm³/mol. The molecule has 0 aliphatic heterocycles. The Bertz CT molecular complexity index is 1260. The standard InChI is InChI=1S/C28H24BrFN2O3/c1-3-4-22-13-21(15-26(29)27(22)35-18-20-5-9-24(30)10-6-20)14-23(16-31)28(33)32-17-19-7-11-25(34-2)12-8-19/h3,5-15H,1,4,17-18H2,2H3,(H,32,33)/b23-14-. The average molecular weight is 535 g/mol. The van der Waals surface area contributed by atoms with Crippen molar-refractivity contribution < 1.29 is 18.7 Å². The van der Waals surface area contributed by atoms with Crippen LogP contribution in [0.5, 0.6) is 11.5 Å². The molecule has 0 spiro atoms. The summed E-state index contributed by atoms with van der Waals surface area (Å²) in [7, 11) is 1.59. The third-order valence-electron chi connectivity index (χ3n) is 5.09. The molecule has 3 aromatic carbocycles. The largest absolute Gasteiger partial charge is 0.497 e. The summed E-state index contributed by atoms with van der Waals surface area (Å²) >= 11 is 3.53. The minimum Gasteiger partial charge on any atom is -0.497 e. The normalized spacial score (nSPS) is 10.9. The summed E-state index contributed by atoms with van der Waals surface area (Å²) in [6.07, 6.45) is 3.79. The van der Waals surface area contributed by atoms with E-state index < -0.39 is 5.91 Å². The van der Waals surface area contributed by atoms with Crippen LogP contribution in [-0.4, -0.2) is 13.0 Å². The zero-order valence-electron chi connectivity index (χ0n) is 19.2. The number of halogens is 2. The number of carbonyl (C=O) groups is 1. The first kappa shape index (κ1) is 25.7. The first-order chi connectivity index (χ1) is 16.9. The van der Waals surface area contributed by atoms with E-state index in [1.165, 1.54) is 18.2 Å². The number of nitrogens with zero attached hydrogens (tertiary/aromatic N) is 1. The second kappa shape index (κ2) is 12.5. The molecule has 1 amide bonds. The molecule has 5 nitrogen and oxygen atoms in total. The molecule has 0 radical (unpaired) electrons. The van der Waals surface area contributed by atoms with Crippen molar-refractivity contribution in [2.24, 2.45) is 0 Å². The lowest BCUT2D eigenvalue weighted by Gasteiger charge is -2.14. The summed E-state index contributed by atoms with van der Waals surface area (Å²) in [4.78, 5) is 12.6. The van der Waals surface area contributed by atoms with Crippen molar-refractivity contribution in [1.82, 2.24) is 5.32 Å². The Labute approximate surface area is 212 Å². The van der Waals surface area contributed by atoms with Crippen LogP contribution in [0.3, 0.4) is 0 Å². The lowest BCUT2D eigenvalue weighted by molar-refractivity contribution is -0.117. The summed E-state index contributed by atoms with van der Waals surface area (Å²) in [5, 5.41) is 12.3. The number of hydrogen-bond donors (Lipinski definition) is 1. The molecule has 7 heteroatoms. The topological polar surface area (TPSA) is 71.4 Å². The molecule has 3 rings (SSSR count). The SMILES string of the molecule is C=CCc1cc(/C=C(/C#N)C(=O)NCc2ccc(OC)cc2)cc(Br)c1OCc1ccc(F)cc1. The summed E-state index contributed by atoms with van der Waals surface area (Å²) in [6, 6.07) is 19.0. The van der Waals surface area contributed by atoms with Crippen molar-refractivity contribution in [3.05, 3.63) is 111 Å². The molecular weight excluding hydrogens is 511 g/mol. The zero-order valence-corrected chi connectivity index (χ0v) is 20.8. The van der Waals surface area contributed by atoms with Crippen LogP contribution in [0.25, 0.3) is 6.08 Å². The van der Waals surface area contributed by atoms with Crippen LogP contribution >= 0.6 is 15.9 Å². The van der Waals surface area contributed by atoms with Crippen LogP contribution < -0.4 is 14.8 Å². The van der Waals surface area contributed by atoms with E-state index in [-0.39, 0.29) is 24.5 Å². The molecule has 35 heavy (non-hydrogen) atoms. The number of hydrogen-bond acceptors (Lipinski definition) is 4. The minimum absolute atomic E-state index is 0.0186. The summed E-state index contributed by atoms with van der Waals surface area (Å²) in [6.45, 7) is 4.34. The van der Waals surface area contributed by atoms with E-state index >= 15 is 0 Å². The lowest BCUT2D eigenvalue weighted by atomic mass is 10.0. The van der Waals surface area contributed by atoms with Gasteiger partial charge < -0.3 is 14.8 Å². The van der Waals surface area contributed by atoms with Gasteiger partial charge in [-0.05, 0) is 87.1 Å². The van der Waals surface area contributed by atoms with Crippen molar-refractivity contribution in [2.45, 2.75) is 19.6 Å². The van der Waals surface area contributed by atoms with Gasteiger partial charge in [-0.3, -0.25) is 4.79 Å². The molecule has 0 unspecified atom stereocenters. The van der Waals surface area contributed by atoms with Gasteiger partial charge in [0, 0.05) is 6.54 Å². The Morgan fingerprint density at radius 2 is 1.83 bits per heavy atom. The van der Waals surface area contributed by atoms with E-state index in [9.17, 15) is 14.4 Å². The number of benzene rings is 3. The molecule has 0 bridgehead atoms. The van der Waals surface area contributed by atoms with Gasteiger partial charge in [0.15, 0.2) is 0 Å². The molecule has 0 heterocycles. The highest BCUT2D eigenvalue weighted by molar-refractivity contribution is 9.10. The molecule has 0 aliphatic carbocycles. The number of methoxy groups -OCH3 is 1. The van der Waals surface area contributed by atoms with Gasteiger partial charge in [0.25, 0.3) is 5.91 Å². The molecule has 0 atom stereocenters. The monoisotopic (exact) mass is 534 g/mol. The van der Waals surface area contributed by atoms with Gasteiger partial charge in [-0.25, -0.2) is 4.39 Å². The van der Waals surface area contributed by atoms with Crippen LogP contribution in [0.4, 0.5) is 4.39 Å². The van der Waals surface area contributed by atoms with Crippen molar-refractivity contribution in [3.8, 4) is 17.6 Å². The first-order valence-electron chi connectivity index (χ1n) is 10.8. The maximum atomic E-state index is 13.2. The fourth-order valence-corrected chi connectivity index (χ4v) is 3.93. The van der Waals surface area contributed by atoms with E-state index in [1.807, 2.05) is 24.3 Å². The molecule has 0 saturated carbocycles. The van der Waals surface area contributed by atoms with Crippen LogP contribution in [0.15, 0.2) is 83.4 Å². The quantitative estimate of drug-likeness (QED) is 0.193. The molecular formula is C28H24BrFN2O3. The molecule has 0 fully saturated rings. The number of rotatable bonds is 10. The molecule has 0 aliphatic rings. The van der Waals surface area contributed by atoms with Crippen LogP contribution in [-0.2, 0) is 24.4 Å². The van der Waals surface area contributed by atoms with Gasteiger partial charge in [-0.1, -0.05) is 30.3 Å². The van der Waals surface area contributed by atoms with E-state index in [4.69, 9.17) is 9.47 Å². The highest BCUT2D eigenvalue weighted by Crippen LogP contribution is 2.33. The van der Waals surface area contributed by atoms with Crippen LogP contribution in [0.2, 0.25) is 0 Å². The number of carbonyl (C=O) groups excluding carboxylic acids is 1. The fourth-order valence-electron chi connectivity index (χ4n) is 3.30. The maximum Gasteiger partial charge on any atom is 0.262 e. The Kier molecular flexibility index (Phi) is 9.22. The van der Waals surface area contributed by atoms with Gasteiger partial charge in [0.1, 0.15) is 35.6 Å². The highest BCUT2D eigenvalue weighted by Gasteiger charge is 2.13. The third-order valence-corrected chi connectivity index (χ3v) is 5.68. The fraction of sp³-hybridized carbons (Fsp3) is 0.143. The summed E-state index contributed by atoms with van der Waals surface area (Å²) < 4.78 is 24.9. The Morgan fingerprint density at radius 1 is 1.14 bits per heavy atom. The number of amides is 1. The maximum absolute atomic E-state index is 13.2. The van der Waals surface area contributed by atoms with Gasteiger partial charge in [0.05, 0.1) is 11.6 Å². The average Bonchev–Trinajstić information content (AvgIpc) is 2.87. The molecule has 0 saturated heterocycles. The second-order valence-corrected chi connectivity index (χ2v) is 8.45. The number of nitrogens with one attached hydrogen (secondary N) is 1. The van der Waals surface area contributed by atoms with E-state index in [0.717, 1.165) is 22.4 Å². The van der Waals surface area contributed by atoms with E-state index in [1.54, 1.807) is 43.5 Å². The second-order valence-electron chi connectivity index (χ2n) is 7.60. The number of ether oxygens (including phenoxy) is 2. The molecule has 0 aromatic heterocycles. The van der Waals surface area contributed by atoms with Crippen molar-refractivity contribution in [3.63, 3.8) is 0 Å². The molecule has 178 valence electrons. The smallest absolute Gasteiger partial charge is 0.262 e. The summed E-state index contributed by atoms with van der Waals surface area (Å²) in [5.74, 6) is 0.568. The molecule has 3 aromatic rings. The van der Waals surface area contributed by atoms with Gasteiger partial charge >= 0.3 is 0 Å². The van der Waals surface area contributed by atoms with Crippen molar-refractivity contribution in [1.29, 1.82) is 5.26 Å². The third kappa shape index (κ3) is 7.29. The summed E-state index contributed by atoms with van der Waals surface area (Å²) in [5.41, 5.74) is 3.19. The van der Waals surface area contributed by atoms with E-state index in [2.05, 4.69) is 27.8 Å². The van der Waals surface area contributed by atoms with Gasteiger partial charge in [-0.15, -0.1) is 6.58 Å². The van der Waals surface area contributed by atoms with Gasteiger partial charge in [-0.2, -0.15) is 5.26 Å². The molecule has 1 N–H and O–H groups in total. The van der Waals surface area contributed by atoms with Crippen LogP contribution in [0.1, 0.15) is 22.3 Å². The van der Waals surface area contributed by atoms with Crippen molar-refractivity contribution >= 4 is 27.9 Å². The first-order valence-corrected chi connectivity index (χ1v) is 11.6. The van der Waals surface area contributed by atoms with Gasteiger partial charge in [0.2, 0.25) is 0 Å². The Hall–Kier alpha value is -3.89. The Balaban J connectivity index is 1.76. The number of allylic oxidation sites excluding steroid dienone is 1.